The largest absolute Gasteiger partial charge is 0.457 e. The van der Waals surface area contributed by atoms with Crippen molar-refractivity contribution in [1.82, 2.24) is 0 Å². The van der Waals surface area contributed by atoms with Crippen molar-refractivity contribution in [2.24, 2.45) is 10.8 Å². The van der Waals surface area contributed by atoms with Gasteiger partial charge in [-0.05, 0) is 59.7 Å². The Morgan fingerprint density at radius 2 is 1.37 bits per heavy atom. The summed E-state index contributed by atoms with van der Waals surface area (Å²) in [5.74, 6) is 1.01. The van der Waals surface area contributed by atoms with Crippen molar-refractivity contribution in [3.8, 4) is 12.3 Å². The van der Waals surface area contributed by atoms with Crippen molar-refractivity contribution in [2.75, 3.05) is 6.61 Å². The second kappa shape index (κ2) is 10.1. The van der Waals surface area contributed by atoms with Gasteiger partial charge in [-0.25, -0.2) is 0 Å². The average molecular weight is 441 g/mol. The molecule has 2 atom stereocenters. The molecule has 0 aliphatic rings. The fourth-order valence-electron chi connectivity index (χ4n) is 1.87. The van der Waals surface area contributed by atoms with Crippen LogP contribution in [0.3, 0.4) is 0 Å². The number of hydrogen-bond acceptors (Lipinski definition) is 6. The molecule has 0 amide bonds. The third-order valence-corrected chi connectivity index (χ3v) is 9.52. The molecule has 0 fully saturated rings. The van der Waals surface area contributed by atoms with E-state index in [0.717, 1.165) is 0 Å². The van der Waals surface area contributed by atoms with Gasteiger partial charge in [0.2, 0.25) is 5.78 Å². The maximum atomic E-state index is 12.8. The summed E-state index contributed by atoms with van der Waals surface area (Å²) in [6, 6.07) is 0. The highest BCUT2D eigenvalue weighted by molar-refractivity contribution is 6.74. The smallest absolute Gasteiger partial charge is 0.311 e. The molecule has 0 aliphatic carbocycles. The SMILES string of the molecule is C#CC(CC(OC(=O)C(C)(C)C)C(=O)COC(=O)C(C)(C)C)O[Si](C)(C)C(C)(C)C. The summed E-state index contributed by atoms with van der Waals surface area (Å²) >= 11 is 0. The fourth-order valence-corrected chi connectivity index (χ4v) is 3.10. The maximum absolute atomic E-state index is 12.8. The predicted octanol–water partition coefficient (Wildman–Crippen LogP) is 4.52. The number of esters is 2. The van der Waals surface area contributed by atoms with Gasteiger partial charge < -0.3 is 13.9 Å². The van der Waals surface area contributed by atoms with E-state index in [-0.39, 0.29) is 11.5 Å². The van der Waals surface area contributed by atoms with E-state index >= 15 is 0 Å². The topological polar surface area (TPSA) is 78.9 Å². The lowest BCUT2D eigenvalue weighted by molar-refractivity contribution is -0.167. The maximum Gasteiger partial charge on any atom is 0.311 e. The summed E-state index contributed by atoms with van der Waals surface area (Å²) in [4.78, 5) is 37.2. The number of ketones is 1. The van der Waals surface area contributed by atoms with Crippen LogP contribution in [0, 0.1) is 23.2 Å². The first-order chi connectivity index (χ1) is 13.2. The molecule has 0 saturated carbocycles. The van der Waals surface area contributed by atoms with E-state index in [2.05, 4.69) is 39.8 Å². The van der Waals surface area contributed by atoms with Crippen LogP contribution in [-0.4, -0.2) is 44.9 Å². The van der Waals surface area contributed by atoms with Gasteiger partial charge in [-0.3, -0.25) is 14.4 Å². The molecular weight excluding hydrogens is 400 g/mol. The van der Waals surface area contributed by atoms with Crippen LogP contribution in [0.2, 0.25) is 18.1 Å². The molecule has 0 bridgehead atoms. The highest BCUT2D eigenvalue weighted by atomic mass is 28.4. The monoisotopic (exact) mass is 440 g/mol. The summed E-state index contributed by atoms with van der Waals surface area (Å²) in [6.45, 7) is 20.0. The first-order valence-electron chi connectivity index (χ1n) is 10.3. The summed E-state index contributed by atoms with van der Waals surface area (Å²) in [7, 11) is -2.21. The van der Waals surface area contributed by atoms with E-state index < -0.39 is 55.7 Å². The van der Waals surface area contributed by atoms with Crippen LogP contribution in [-0.2, 0) is 28.3 Å². The van der Waals surface area contributed by atoms with Gasteiger partial charge in [0.1, 0.15) is 6.10 Å². The van der Waals surface area contributed by atoms with Gasteiger partial charge in [0.05, 0.1) is 10.8 Å². The van der Waals surface area contributed by atoms with E-state index in [1.165, 1.54) is 0 Å². The van der Waals surface area contributed by atoms with E-state index in [9.17, 15) is 14.4 Å². The van der Waals surface area contributed by atoms with Gasteiger partial charge >= 0.3 is 11.9 Å². The zero-order valence-electron chi connectivity index (χ0n) is 20.6. The molecule has 0 N–H and O–H groups in total. The second-order valence-corrected chi connectivity index (χ2v) is 16.0. The first kappa shape index (κ1) is 28.3. The highest BCUT2D eigenvalue weighted by Crippen LogP contribution is 2.37. The molecular formula is C23H40O6Si. The Balaban J connectivity index is 5.52. The van der Waals surface area contributed by atoms with Crippen molar-refractivity contribution in [3.63, 3.8) is 0 Å². The summed E-state index contributed by atoms with van der Waals surface area (Å²) in [5.41, 5.74) is -1.54. The third kappa shape index (κ3) is 9.01. The zero-order valence-corrected chi connectivity index (χ0v) is 21.6. The van der Waals surface area contributed by atoms with Crippen molar-refractivity contribution in [1.29, 1.82) is 0 Å². The zero-order chi connectivity index (χ0) is 24.1. The Labute approximate surface area is 183 Å². The van der Waals surface area contributed by atoms with Gasteiger partial charge in [0, 0.05) is 6.42 Å². The number of hydrogen-bond donors (Lipinski definition) is 0. The minimum Gasteiger partial charge on any atom is -0.457 e. The Morgan fingerprint density at radius 3 is 1.73 bits per heavy atom. The van der Waals surface area contributed by atoms with Crippen LogP contribution in [0.1, 0.15) is 68.7 Å². The van der Waals surface area contributed by atoms with Crippen molar-refractivity contribution in [2.45, 2.75) is 99.1 Å². The Morgan fingerprint density at radius 1 is 0.900 bits per heavy atom. The molecule has 0 aromatic carbocycles. The summed E-state index contributed by atoms with van der Waals surface area (Å²) < 4.78 is 16.8. The number of terminal acetylenes is 1. The van der Waals surface area contributed by atoms with Crippen LogP contribution in [0.25, 0.3) is 0 Å². The van der Waals surface area contributed by atoms with E-state index in [1.54, 1.807) is 41.5 Å². The standard InChI is InChI=1S/C23H40O6Si/c1-13-16(29-30(11,12)23(8,9)10)14-18(28-20(26)22(5,6)7)17(24)15-27-19(25)21(2,3)4/h1,16,18H,14-15H2,2-12H3. The molecule has 0 rings (SSSR count). The molecule has 2 unspecified atom stereocenters. The second-order valence-electron chi connectivity index (χ2n) is 11.2. The molecule has 172 valence electrons. The van der Waals surface area contributed by atoms with Crippen molar-refractivity contribution >= 4 is 26.0 Å². The van der Waals surface area contributed by atoms with Crippen LogP contribution in [0.4, 0.5) is 0 Å². The molecule has 6 nitrogen and oxygen atoms in total. The molecule has 30 heavy (non-hydrogen) atoms. The Kier molecular flexibility index (Phi) is 9.55. The number of Topliss-reactive ketones (excluding diaryl/α,β-unsaturated/α-hetero) is 1. The average Bonchev–Trinajstić information content (AvgIpc) is 2.54. The molecule has 0 heterocycles. The number of carbonyl (C=O) groups excluding carboxylic acids is 3. The van der Waals surface area contributed by atoms with Gasteiger partial charge in [-0.2, -0.15) is 0 Å². The van der Waals surface area contributed by atoms with E-state index in [4.69, 9.17) is 20.3 Å². The van der Waals surface area contributed by atoms with Gasteiger partial charge in [-0.15, -0.1) is 6.42 Å². The van der Waals surface area contributed by atoms with Gasteiger partial charge in [0.15, 0.2) is 21.0 Å². The predicted molar refractivity (Wildman–Crippen MR) is 120 cm³/mol. The molecule has 0 aromatic heterocycles. The molecule has 0 aromatic rings. The third-order valence-electron chi connectivity index (χ3n) is 5.04. The summed E-state index contributed by atoms with van der Waals surface area (Å²) in [6.07, 6.45) is 3.83. The van der Waals surface area contributed by atoms with Crippen molar-refractivity contribution < 1.29 is 28.3 Å². The molecule has 0 radical (unpaired) electrons. The van der Waals surface area contributed by atoms with Crippen molar-refractivity contribution in [3.05, 3.63) is 0 Å². The van der Waals surface area contributed by atoms with Gasteiger partial charge in [0.25, 0.3) is 0 Å². The van der Waals surface area contributed by atoms with Crippen LogP contribution in [0.5, 0.6) is 0 Å². The number of rotatable bonds is 8. The fraction of sp³-hybridized carbons (Fsp3) is 0.783. The van der Waals surface area contributed by atoms with Crippen LogP contribution >= 0.6 is 0 Å². The molecule has 0 spiro atoms. The molecule has 7 heteroatoms. The lowest BCUT2D eigenvalue weighted by Gasteiger charge is -2.38. The van der Waals surface area contributed by atoms with E-state index in [0.29, 0.717) is 0 Å². The van der Waals surface area contributed by atoms with Crippen LogP contribution in [0.15, 0.2) is 0 Å². The molecule has 0 aliphatic heterocycles. The Bertz CT molecular complexity index is 668. The normalized spacial score (nSPS) is 15.0. The number of carbonyl (C=O) groups is 3. The number of ether oxygens (including phenoxy) is 2. The lowest BCUT2D eigenvalue weighted by Crippen LogP contribution is -2.45. The highest BCUT2D eigenvalue weighted by Gasteiger charge is 2.40. The summed E-state index contributed by atoms with van der Waals surface area (Å²) in [5, 5.41) is -0.0774. The van der Waals surface area contributed by atoms with E-state index in [1.807, 2.05) is 0 Å². The lowest BCUT2D eigenvalue weighted by atomic mass is 9.97. The Hall–Kier alpha value is -1.65. The van der Waals surface area contributed by atoms with Gasteiger partial charge in [-0.1, -0.05) is 26.7 Å². The first-order valence-corrected chi connectivity index (χ1v) is 13.2. The quantitative estimate of drug-likeness (QED) is 0.314. The minimum absolute atomic E-state index is 0.0106. The van der Waals surface area contributed by atoms with Crippen LogP contribution < -0.4 is 0 Å². The molecule has 0 saturated heterocycles. The minimum atomic E-state index is -2.21.